The summed E-state index contributed by atoms with van der Waals surface area (Å²) in [5.74, 6) is 0. The number of benzene rings is 1. The van der Waals surface area contributed by atoms with Gasteiger partial charge >= 0.3 is 0 Å². The highest BCUT2D eigenvalue weighted by Gasteiger charge is 2.13. The van der Waals surface area contributed by atoms with Gasteiger partial charge in [0.25, 0.3) is 0 Å². The van der Waals surface area contributed by atoms with Crippen LogP contribution in [0.1, 0.15) is 17.2 Å². The van der Waals surface area contributed by atoms with E-state index in [0.29, 0.717) is 4.67 Å². The minimum atomic E-state index is -0.135. The SMILES string of the molecule is NC(c1ccccc1)c1ccoc1Br. The van der Waals surface area contributed by atoms with Crippen molar-refractivity contribution in [3.05, 3.63) is 58.5 Å². The molecule has 0 amide bonds. The van der Waals surface area contributed by atoms with Crippen LogP contribution in [0.3, 0.4) is 0 Å². The molecule has 0 spiro atoms. The predicted molar refractivity (Wildman–Crippen MR) is 58.9 cm³/mol. The second kappa shape index (κ2) is 3.98. The third-order valence-electron chi connectivity index (χ3n) is 2.14. The Morgan fingerprint density at radius 3 is 2.43 bits per heavy atom. The fourth-order valence-corrected chi connectivity index (χ4v) is 1.85. The van der Waals surface area contributed by atoms with Gasteiger partial charge < -0.3 is 10.2 Å². The van der Waals surface area contributed by atoms with Crippen LogP contribution in [0.2, 0.25) is 0 Å². The first-order chi connectivity index (χ1) is 6.79. The van der Waals surface area contributed by atoms with Crippen LogP contribution in [-0.2, 0) is 0 Å². The van der Waals surface area contributed by atoms with Crippen LogP contribution in [0.15, 0.2) is 51.7 Å². The van der Waals surface area contributed by atoms with E-state index in [2.05, 4.69) is 15.9 Å². The zero-order valence-electron chi connectivity index (χ0n) is 7.48. The van der Waals surface area contributed by atoms with Crippen molar-refractivity contribution in [2.24, 2.45) is 5.73 Å². The van der Waals surface area contributed by atoms with Gasteiger partial charge in [-0.15, -0.1) is 0 Å². The molecule has 0 radical (unpaired) electrons. The molecule has 0 fully saturated rings. The Labute approximate surface area is 90.9 Å². The summed E-state index contributed by atoms with van der Waals surface area (Å²) in [4.78, 5) is 0. The molecule has 2 N–H and O–H groups in total. The molecule has 1 heterocycles. The molecule has 1 atom stereocenters. The van der Waals surface area contributed by atoms with Gasteiger partial charge in [-0.1, -0.05) is 30.3 Å². The third kappa shape index (κ3) is 1.74. The van der Waals surface area contributed by atoms with Crippen LogP contribution in [0.5, 0.6) is 0 Å². The lowest BCUT2D eigenvalue weighted by Gasteiger charge is -2.09. The first kappa shape index (κ1) is 9.49. The van der Waals surface area contributed by atoms with E-state index in [0.717, 1.165) is 11.1 Å². The van der Waals surface area contributed by atoms with E-state index in [1.165, 1.54) is 0 Å². The van der Waals surface area contributed by atoms with Gasteiger partial charge in [0.2, 0.25) is 0 Å². The van der Waals surface area contributed by atoms with Crippen LogP contribution >= 0.6 is 15.9 Å². The maximum absolute atomic E-state index is 6.07. The Morgan fingerprint density at radius 2 is 1.86 bits per heavy atom. The lowest BCUT2D eigenvalue weighted by molar-refractivity contribution is 0.534. The normalized spacial score (nSPS) is 12.7. The Balaban J connectivity index is 2.34. The highest BCUT2D eigenvalue weighted by Crippen LogP contribution is 2.27. The molecule has 1 aromatic heterocycles. The second-order valence-corrected chi connectivity index (χ2v) is 3.76. The minimum absolute atomic E-state index is 0.135. The van der Waals surface area contributed by atoms with Crippen molar-refractivity contribution in [2.45, 2.75) is 6.04 Å². The Bertz CT molecular complexity index is 410. The topological polar surface area (TPSA) is 39.2 Å². The summed E-state index contributed by atoms with van der Waals surface area (Å²) >= 11 is 3.32. The molecular formula is C11H10BrNO. The quantitative estimate of drug-likeness (QED) is 0.891. The molecule has 3 heteroatoms. The molecule has 0 aliphatic heterocycles. The van der Waals surface area contributed by atoms with Crippen LogP contribution in [0.25, 0.3) is 0 Å². The smallest absolute Gasteiger partial charge is 0.174 e. The summed E-state index contributed by atoms with van der Waals surface area (Å²) in [5, 5.41) is 0. The molecule has 1 aromatic carbocycles. The summed E-state index contributed by atoms with van der Waals surface area (Å²) < 4.78 is 5.85. The Hall–Kier alpha value is -1.06. The van der Waals surface area contributed by atoms with E-state index < -0.39 is 0 Å². The number of halogens is 1. The maximum Gasteiger partial charge on any atom is 0.174 e. The van der Waals surface area contributed by atoms with E-state index in [1.807, 2.05) is 36.4 Å². The molecule has 2 nitrogen and oxygen atoms in total. The van der Waals surface area contributed by atoms with Crippen molar-refractivity contribution >= 4 is 15.9 Å². The van der Waals surface area contributed by atoms with Crippen molar-refractivity contribution < 1.29 is 4.42 Å². The molecule has 72 valence electrons. The highest BCUT2D eigenvalue weighted by atomic mass is 79.9. The third-order valence-corrected chi connectivity index (χ3v) is 2.78. The van der Waals surface area contributed by atoms with Crippen molar-refractivity contribution in [3.8, 4) is 0 Å². The van der Waals surface area contributed by atoms with Crippen LogP contribution in [0, 0.1) is 0 Å². The average Bonchev–Trinajstić information content (AvgIpc) is 2.65. The predicted octanol–water partition coefficient (Wildman–Crippen LogP) is 3.09. The standard InChI is InChI=1S/C11H10BrNO/c12-11-9(6-7-14-11)10(13)8-4-2-1-3-5-8/h1-7,10H,13H2. The van der Waals surface area contributed by atoms with E-state index in [-0.39, 0.29) is 6.04 Å². The second-order valence-electron chi connectivity index (χ2n) is 3.04. The molecule has 14 heavy (non-hydrogen) atoms. The zero-order chi connectivity index (χ0) is 9.97. The van der Waals surface area contributed by atoms with Gasteiger partial charge in [0.15, 0.2) is 4.67 Å². The summed E-state index contributed by atoms with van der Waals surface area (Å²) in [6, 6.07) is 11.7. The van der Waals surface area contributed by atoms with Gasteiger partial charge in [0.05, 0.1) is 12.3 Å². The fourth-order valence-electron chi connectivity index (χ4n) is 1.37. The first-order valence-corrected chi connectivity index (χ1v) is 5.12. The minimum Gasteiger partial charge on any atom is -0.457 e. The molecule has 2 rings (SSSR count). The van der Waals surface area contributed by atoms with E-state index in [9.17, 15) is 0 Å². The maximum atomic E-state index is 6.07. The Kier molecular flexibility index (Phi) is 2.70. The molecule has 0 aliphatic rings. The summed E-state index contributed by atoms with van der Waals surface area (Å²) in [7, 11) is 0. The van der Waals surface area contributed by atoms with E-state index in [1.54, 1.807) is 6.26 Å². The molecular weight excluding hydrogens is 242 g/mol. The van der Waals surface area contributed by atoms with Crippen molar-refractivity contribution in [1.82, 2.24) is 0 Å². The molecule has 2 aromatic rings. The number of rotatable bonds is 2. The van der Waals surface area contributed by atoms with Crippen LogP contribution in [-0.4, -0.2) is 0 Å². The first-order valence-electron chi connectivity index (χ1n) is 4.32. The van der Waals surface area contributed by atoms with E-state index >= 15 is 0 Å². The largest absolute Gasteiger partial charge is 0.457 e. The Morgan fingerprint density at radius 1 is 1.14 bits per heavy atom. The van der Waals surface area contributed by atoms with Gasteiger partial charge in [-0.2, -0.15) is 0 Å². The van der Waals surface area contributed by atoms with Gasteiger partial charge in [0.1, 0.15) is 0 Å². The summed E-state index contributed by atoms with van der Waals surface area (Å²) in [6.07, 6.45) is 1.63. The number of nitrogens with two attached hydrogens (primary N) is 1. The average molecular weight is 252 g/mol. The number of hydrogen-bond donors (Lipinski definition) is 1. The number of furan rings is 1. The van der Waals surface area contributed by atoms with Gasteiger partial charge in [-0.3, -0.25) is 0 Å². The van der Waals surface area contributed by atoms with Crippen LogP contribution < -0.4 is 5.73 Å². The molecule has 0 bridgehead atoms. The van der Waals surface area contributed by atoms with Crippen molar-refractivity contribution in [1.29, 1.82) is 0 Å². The molecule has 0 saturated heterocycles. The van der Waals surface area contributed by atoms with Gasteiger partial charge in [0, 0.05) is 5.56 Å². The fraction of sp³-hybridized carbons (Fsp3) is 0.0909. The van der Waals surface area contributed by atoms with Gasteiger partial charge in [-0.25, -0.2) is 0 Å². The lowest BCUT2D eigenvalue weighted by Crippen LogP contribution is -2.11. The lowest BCUT2D eigenvalue weighted by atomic mass is 10.0. The summed E-state index contributed by atoms with van der Waals surface area (Å²) in [5.41, 5.74) is 8.12. The summed E-state index contributed by atoms with van der Waals surface area (Å²) in [6.45, 7) is 0. The van der Waals surface area contributed by atoms with Crippen molar-refractivity contribution in [3.63, 3.8) is 0 Å². The highest BCUT2D eigenvalue weighted by molar-refractivity contribution is 9.10. The number of hydrogen-bond acceptors (Lipinski definition) is 2. The zero-order valence-corrected chi connectivity index (χ0v) is 9.07. The van der Waals surface area contributed by atoms with Gasteiger partial charge in [-0.05, 0) is 27.6 Å². The monoisotopic (exact) mass is 251 g/mol. The van der Waals surface area contributed by atoms with Crippen LogP contribution in [0.4, 0.5) is 0 Å². The molecule has 0 saturated carbocycles. The molecule has 1 unspecified atom stereocenters. The molecule has 0 aliphatic carbocycles. The van der Waals surface area contributed by atoms with Crippen molar-refractivity contribution in [2.75, 3.05) is 0 Å². The van der Waals surface area contributed by atoms with E-state index in [4.69, 9.17) is 10.2 Å².